The smallest absolute Gasteiger partial charge is 0.209 e. The zero-order valence-corrected chi connectivity index (χ0v) is 18.2. The first-order valence-corrected chi connectivity index (χ1v) is 13.2. The van der Waals surface area contributed by atoms with Gasteiger partial charge >= 0.3 is 0 Å². The largest absolute Gasteiger partial charge is 0.287 e. The van der Waals surface area contributed by atoms with Gasteiger partial charge in [-0.25, -0.2) is 9.36 Å². The van der Waals surface area contributed by atoms with Crippen LogP contribution < -0.4 is 5.43 Å². The Balaban J connectivity index is 1.78. The van der Waals surface area contributed by atoms with Crippen LogP contribution in [0.15, 0.2) is 83.9 Å². The summed E-state index contributed by atoms with van der Waals surface area (Å²) in [5.74, 6) is 3.28. The van der Waals surface area contributed by atoms with Crippen molar-refractivity contribution >= 4 is 8.07 Å². The molecule has 0 aliphatic rings. The van der Waals surface area contributed by atoms with Gasteiger partial charge < -0.3 is 0 Å². The molecule has 0 saturated carbocycles. The summed E-state index contributed by atoms with van der Waals surface area (Å²) in [5, 5.41) is 9.03. The molecule has 2 aromatic carbocycles. The summed E-state index contributed by atoms with van der Waals surface area (Å²) >= 11 is 0. The average Bonchev–Trinajstić information content (AvgIpc) is 3.23. The Morgan fingerprint density at radius 1 is 0.900 bits per heavy atom. The third-order valence-electron chi connectivity index (χ3n) is 4.39. The van der Waals surface area contributed by atoms with Gasteiger partial charge in [0.15, 0.2) is 5.69 Å². The third-order valence-corrected chi connectivity index (χ3v) is 5.26. The summed E-state index contributed by atoms with van der Waals surface area (Å²) in [6.45, 7) is 6.65. The van der Waals surface area contributed by atoms with Gasteiger partial charge in [0, 0.05) is 17.8 Å². The number of benzene rings is 2. The normalized spacial score (nSPS) is 11.0. The fourth-order valence-corrected chi connectivity index (χ4v) is 3.49. The van der Waals surface area contributed by atoms with Crippen LogP contribution in [-0.4, -0.2) is 27.6 Å². The van der Waals surface area contributed by atoms with Gasteiger partial charge in [-0.05, 0) is 36.4 Å². The van der Waals surface area contributed by atoms with Crippen molar-refractivity contribution in [3.05, 3.63) is 94.9 Å². The summed E-state index contributed by atoms with van der Waals surface area (Å²) < 4.78 is 3.43. The van der Waals surface area contributed by atoms with E-state index in [1.54, 1.807) is 27.8 Å². The van der Waals surface area contributed by atoms with E-state index in [0.29, 0.717) is 11.4 Å². The van der Waals surface area contributed by atoms with E-state index in [0.717, 1.165) is 16.9 Å². The molecule has 0 fully saturated rings. The lowest BCUT2D eigenvalue weighted by atomic mass is 10.2. The number of rotatable bonds is 3. The van der Waals surface area contributed by atoms with Crippen molar-refractivity contribution in [2.24, 2.45) is 0 Å². The van der Waals surface area contributed by atoms with Crippen LogP contribution in [0.4, 0.5) is 0 Å². The fraction of sp³-hybridized carbons (Fsp3) is 0.125. The molecule has 30 heavy (non-hydrogen) atoms. The molecule has 0 radical (unpaired) electrons. The Labute approximate surface area is 176 Å². The zero-order valence-electron chi connectivity index (χ0n) is 17.2. The number of aromatic nitrogens is 4. The van der Waals surface area contributed by atoms with E-state index in [1.807, 2.05) is 54.6 Å². The number of hydrogen-bond acceptors (Lipinski definition) is 3. The van der Waals surface area contributed by atoms with Crippen LogP contribution in [0.1, 0.15) is 5.56 Å². The number of hydrogen-bond donors (Lipinski definition) is 0. The van der Waals surface area contributed by atoms with Gasteiger partial charge in [-0.1, -0.05) is 49.8 Å². The molecular formula is C24H22N4OSi. The molecule has 0 unspecified atom stereocenters. The summed E-state index contributed by atoms with van der Waals surface area (Å²) in [7, 11) is -1.47. The lowest BCUT2D eigenvalue weighted by Gasteiger charge is -2.10. The molecule has 4 rings (SSSR count). The van der Waals surface area contributed by atoms with Gasteiger partial charge in [0.2, 0.25) is 5.43 Å². The van der Waals surface area contributed by atoms with Crippen LogP contribution in [0.2, 0.25) is 19.6 Å². The topological polar surface area (TPSA) is 52.7 Å². The van der Waals surface area contributed by atoms with Crippen molar-refractivity contribution in [2.45, 2.75) is 19.6 Å². The first-order chi connectivity index (χ1) is 14.4. The Kier molecular flexibility index (Phi) is 5.21. The fourth-order valence-electron chi connectivity index (χ4n) is 2.97. The molecule has 0 aliphatic carbocycles. The predicted molar refractivity (Wildman–Crippen MR) is 123 cm³/mol. The van der Waals surface area contributed by atoms with Gasteiger partial charge in [-0.15, -0.1) is 5.54 Å². The molecule has 6 heteroatoms. The van der Waals surface area contributed by atoms with E-state index < -0.39 is 8.07 Å². The maximum absolute atomic E-state index is 12.6. The minimum absolute atomic E-state index is 0.154. The highest BCUT2D eigenvalue weighted by molar-refractivity contribution is 6.83. The molecule has 5 nitrogen and oxygen atoms in total. The molecule has 0 saturated heterocycles. The first-order valence-electron chi connectivity index (χ1n) is 9.74. The molecule has 0 aliphatic heterocycles. The standard InChI is InChI=1S/C24H22N4OSi/c1-30(2,3)17-14-19-8-7-11-21(18-19)28-22(12-15-25-28)24-23(29)13-16-27(26-24)20-9-5-4-6-10-20/h4-13,15-16,18H,1-3H3. The van der Waals surface area contributed by atoms with E-state index in [9.17, 15) is 4.79 Å². The Morgan fingerprint density at radius 3 is 2.43 bits per heavy atom. The van der Waals surface area contributed by atoms with Crippen LogP contribution >= 0.6 is 0 Å². The molecule has 2 aromatic heterocycles. The maximum Gasteiger partial charge on any atom is 0.209 e. The molecule has 0 amide bonds. The third kappa shape index (κ3) is 4.32. The quantitative estimate of drug-likeness (QED) is 0.373. The molecule has 0 atom stereocenters. The number of nitrogens with zero attached hydrogens (tertiary/aromatic N) is 4. The lowest BCUT2D eigenvalue weighted by molar-refractivity contribution is 0.823. The van der Waals surface area contributed by atoms with E-state index in [2.05, 4.69) is 41.3 Å². The van der Waals surface area contributed by atoms with Crippen LogP contribution in [0.5, 0.6) is 0 Å². The second-order valence-corrected chi connectivity index (χ2v) is 12.7. The van der Waals surface area contributed by atoms with Crippen molar-refractivity contribution in [3.63, 3.8) is 0 Å². The van der Waals surface area contributed by atoms with E-state index in [-0.39, 0.29) is 5.43 Å². The van der Waals surface area contributed by atoms with Crippen LogP contribution in [0, 0.1) is 11.5 Å². The highest BCUT2D eigenvalue weighted by Crippen LogP contribution is 2.19. The maximum atomic E-state index is 12.6. The molecule has 0 spiro atoms. The van der Waals surface area contributed by atoms with Gasteiger partial charge in [0.1, 0.15) is 8.07 Å². The molecule has 0 bridgehead atoms. The highest BCUT2D eigenvalue weighted by Gasteiger charge is 2.14. The lowest BCUT2D eigenvalue weighted by Crippen LogP contribution is -2.16. The summed E-state index contributed by atoms with van der Waals surface area (Å²) in [5.41, 5.74) is 6.87. The summed E-state index contributed by atoms with van der Waals surface area (Å²) in [6, 6.07) is 20.9. The second kappa shape index (κ2) is 7.97. The van der Waals surface area contributed by atoms with E-state index in [1.165, 1.54) is 6.07 Å². The zero-order chi connectivity index (χ0) is 21.1. The van der Waals surface area contributed by atoms with E-state index in [4.69, 9.17) is 0 Å². The molecule has 0 N–H and O–H groups in total. The van der Waals surface area contributed by atoms with E-state index >= 15 is 0 Å². The average molecular weight is 411 g/mol. The van der Waals surface area contributed by atoms with Crippen molar-refractivity contribution in [1.29, 1.82) is 0 Å². The van der Waals surface area contributed by atoms with Gasteiger partial charge in [-0.2, -0.15) is 10.2 Å². The van der Waals surface area contributed by atoms with Crippen molar-refractivity contribution < 1.29 is 0 Å². The highest BCUT2D eigenvalue weighted by atomic mass is 28.3. The SMILES string of the molecule is C[Si](C)(C)C#Cc1cccc(-n2nccc2-c2nn(-c3ccccc3)ccc2=O)c1. The second-order valence-electron chi connectivity index (χ2n) is 7.99. The van der Waals surface area contributed by atoms with Gasteiger partial charge in [0.25, 0.3) is 0 Å². The molecule has 4 aromatic rings. The Hall–Kier alpha value is -3.69. The first kappa shape index (κ1) is 19.6. The molecule has 148 valence electrons. The van der Waals surface area contributed by atoms with Gasteiger partial charge in [0.05, 0.1) is 23.3 Å². The summed E-state index contributed by atoms with van der Waals surface area (Å²) in [4.78, 5) is 12.6. The van der Waals surface area contributed by atoms with Crippen LogP contribution in [-0.2, 0) is 0 Å². The minimum atomic E-state index is -1.47. The Bertz CT molecular complexity index is 1300. The molecular weight excluding hydrogens is 388 g/mol. The van der Waals surface area contributed by atoms with Crippen LogP contribution in [0.25, 0.3) is 22.8 Å². The van der Waals surface area contributed by atoms with Crippen LogP contribution in [0.3, 0.4) is 0 Å². The Morgan fingerprint density at radius 2 is 1.67 bits per heavy atom. The minimum Gasteiger partial charge on any atom is -0.287 e. The number of para-hydroxylation sites is 1. The van der Waals surface area contributed by atoms with Gasteiger partial charge in [-0.3, -0.25) is 4.79 Å². The van der Waals surface area contributed by atoms with Crippen molar-refractivity contribution in [1.82, 2.24) is 19.6 Å². The summed E-state index contributed by atoms with van der Waals surface area (Å²) in [6.07, 6.45) is 3.35. The monoisotopic (exact) mass is 410 g/mol. The van der Waals surface area contributed by atoms with Crippen molar-refractivity contribution in [3.8, 4) is 34.2 Å². The predicted octanol–water partition coefficient (Wildman–Crippen LogP) is 4.31. The molecule has 2 heterocycles. The van der Waals surface area contributed by atoms with Crippen molar-refractivity contribution in [2.75, 3.05) is 0 Å².